The van der Waals surface area contributed by atoms with Gasteiger partial charge in [-0.1, -0.05) is 6.92 Å². The van der Waals surface area contributed by atoms with Crippen LogP contribution < -0.4 is 5.32 Å². The minimum absolute atomic E-state index is 0.598. The molecule has 9 heavy (non-hydrogen) atoms. The molecule has 1 rings (SSSR count). The molecule has 0 aromatic carbocycles. The molecule has 1 aliphatic rings. The van der Waals surface area contributed by atoms with Crippen LogP contribution in [0.15, 0.2) is 0 Å². The van der Waals surface area contributed by atoms with E-state index in [0.717, 1.165) is 13.1 Å². The lowest BCUT2D eigenvalue weighted by Crippen LogP contribution is -2.51. The SMILES string of the molecule is [CH2-]N1CC(C)NCC1C. The summed E-state index contributed by atoms with van der Waals surface area (Å²) in [6.45, 7) is 6.52. The number of nitrogens with one attached hydrogen (secondary N) is 1. The third-order valence-electron chi connectivity index (χ3n) is 1.89. The van der Waals surface area contributed by atoms with E-state index in [1.54, 1.807) is 0 Å². The van der Waals surface area contributed by atoms with E-state index in [4.69, 9.17) is 0 Å². The summed E-state index contributed by atoms with van der Waals surface area (Å²) in [6, 6.07) is 1.21. The number of hydrogen-bond donors (Lipinski definition) is 1. The standard InChI is InChI=1S/C7H15N2/c1-6-5-9(3)7(2)4-8-6/h6-8H,3-5H2,1-2H3/q-1. The van der Waals surface area contributed by atoms with Gasteiger partial charge in [-0.25, -0.2) is 0 Å². The molecular weight excluding hydrogens is 112 g/mol. The van der Waals surface area contributed by atoms with Crippen LogP contribution in [-0.4, -0.2) is 30.1 Å². The molecule has 0 spiro atoms. The number of hydrogen-bond acceptors (Lipinski definition) is 2. The van der Waals surface area contributed by atoms with Crippen LogP contribution in [0.5, 0.6) is 0 Å². The highest BCUT2D eigenvalue weighted by Crippen LogP contribution is 2.02. The van der Waals surface area contributed by atoms with Crippen LogP contribution in [0.25, 0.3) is 0 Å². The fourth-order valence-electron chi connectivity index (χ4n) is 1.10. The summed E-state index contributed by atoms with van der Waals surface area (Å²) < 4.78 is 0. The van der Waals surface area contributed by atoms with Crippen LogP contribution in [-0.2, 0) is 0 Å². The van der Waals surface area contributed by atoms with Crippen molar-refractivity contribution in [1.29, 1.82) is 0 Å². The van der Waals surface area contributed by atoms with Gasteiger partial charge in [0.25, 0.3) is 0 Å². The third-order valence-corrected chi connectivity index (χ3v) is 1.89. The molecule has 1 aliphatic heterocycles. The highest BCUT2D eigenvalue weighted by Gasteiger charge is 2.13. The van der Waals surface area contributed by atoms with Crippen LogP contribution in [0.1, 0.15) is 13.8 Å². The van der Waals surface area contributed by atoms with Crippen LogP contribution in [0, 0.1) is 7.05 Å². The zero-order valence-corrected chi connectivity index (χ0v) is 6.22. The van der Waals surface area contributed by atoms with Crippen LogP contribution in [0.4, 0.5) is 0 Å². The van der Waals surface area contributed by atoms with E-state index in [9.17, 15) is 0 Å². The quantitative estimate of drug-likeness (QED) is 0.476. The Morgan fingerprint density at radius 1 is 1.56 bits per heavy atom. The molecule has 0 aliphatic carbocycles. The predicted octanol–water partition coefficient (Wildman–Crippen LogP) is 0.460. The summed E-state index contributed by atoms with van der Waals surface area (Å²) in [4.78, 5) is 2.14. The Balaban J connectivity index is 2.35. The smallest absolute Gasteiger partial charge is 0.0143 e. The van der Waals surface area contributed by atoms with Crippen molar-refractivity contribution in [3.05, 3.63) is 7.05 Å². The van der Waals surface area contributed by atoms with Crippen molar-refractivity contribution in [2.24, 2.45) is 0 Å². The van der Waals surface area contributed by atoms with E-state index in [2.05, 4.69) is 31.1 Å². The maximum Gasteiger partial charge on any atom is 0.0143 e. The molecule has 1 N–H and O–H groups in total. The van der Waals surface area contributed by atoms with Gasteiger partial charge in [-0.2, -0.15) is 0 Å². The molecule has 1 fully saturated rings. The van der Waals surface area contributed by atoms with E-state index in [-0.39, 0.29) is 0 Å². The monoisotopic (exact) mass is 127 g/mol. The van der Waals surface area contributed by atoms with Crippen LogP contribution in [0.3, 0.4) is 0 Å². The highest BCUT2D eigenvalue weighted by molar-refractivity contribution is 4.80. The minimum atomic E-state index is 0.598. The van der Waals surface area contributed by atoms with E-state index in [1.807, 2.05) is 0 Å². The van der Waals surface area contributed by atoms with Gasteiger partial charge in [0.15, 0.2) is 0 Å². The first kappa shape index (κ1) is 7.03. The minimum Gasteiger partial charge on any atom is -0.455 e. The summed E-state index contributed by atoms with van der Waals surface area (Å²) in [6.07, 6.45) is 0. The maximum absolute atomic E-state index is 3.92. The molecule has 0 radical (unpaired) electrons. The van der Waals surface area contributed by atoms with Gasteiger partial charge in [-0.05, 0) is 19.5 Å². The molecule has 2 heteroatoms. The van der Waals surface area contributed by atoms with E-state index >= 15 is 0 Å². The van der Waals surface area contributed by atoms with E-state index < -0.39 is 0 Å². The molecule has 0 aromatic rings. The average molecular weight is 127 g/mol. The van der Waals surface area contributed by atoms with Crippen molar-refractivity contribution >= 4 is 0 Å². The Morgan fingerprint density at radius 2 is 2.22 bits per heavy atom. The highest BCUT2D eigenvalue weighted by atomic mass is 15.2. The van der Waals surface area contributed by atoms with Crippen molar-refractivity contribution in [2.45, 2.75) is 25.9 Å². The first-order valence-corrected chi connectivity index (χ1v) is 3.50. The summed E-state index contributed by atoms with van der Waals surface area (Å²) in [5.41, 5.74) is 0. The van der Waals surface area contributed by atoms with E-state index in [1.165, 1.54) is 0 Å². The zero-order chi connectivity index (χ0) is 6.85. The van der Waals surface area contributed by atoms with Gasteiger partial charge in [0.05, 0.1) is 0 Å². The van der Waals surface area contributed by atoms with Crippen molar-refractivity contribution in [2.75, 3.05) is 13.1 Å². The molecule has 54 valence electrons. The van der Waals surface area contributed by atoms with Crippen LogP contribution >= 0.6 is 0 Å². The topological polar surface area (TPSA) is 15.3 Å². The molecule has 2 unspecified atom stereocenters. The lowest BCUT2D eigenvalue weighted by molar-refractivity contribution is 0.204. The van der Waals surface area contributed by atoms with Gasteiger partial charge in [-0.3, -0.25) is 7.05 Å². The molecular formula is C7H15N2-. The Kier molecular flexibility index (Phi) is 2.09. The number of rotatable bonds is 0. The molecule has 0 bridgehead atoms. The predicted molar refractivity (Wildman–Crippen MR) is 39.0 cm³/mol. The summed E-state index contributed by atoms with van der Waals surface area (Å²) in [5, 5.41) is 3.38. The first-order chi connectivity index (χ1) is 4.20. The molecule has 0 aromatic heterocycles. The molecule has 2 atom stereocenters. The summed E-state index contributed by atoms with van der Waals surface area (Å²) in [5.74, 6) is 0. The normalized spacial score (nSPS) is 39.0. The Labute approximate surface area is 57.2 Å². The Bertz CT molecular complexity index is 92.9. The van der Waals surface area contributed by atoms with Gasteiger partial charge in [-0.15, -0.1) is 0 Å². The van der Waals surface area contributed by atoms with E-state index in [0.29, 0.717) is 12.1 Å². The van der Waals surface area contributed by atoms with Gasteiger partial charge >= 0.3 is 0 Å². The third kappa shape index (κ3) is 1.66. The number of nitrogens with zero attached hydrogens (tertiary/aromatic N) is 1. The van der Waals surface area contributed by atoms with Crippen LogP contribution in [0.2, 0.25) is 0 Å². The second-order valence-electron chi connectivity index (χ2n) is 2.93. The molecule has 0 amide bonds. The maximum atomic E-state index is 3.92. The van der Waals surface area contributed by atoms with Gasteiger partial charge in [0.2, 0.25) is 0 Å². The lowest BCUT2D eigenvalue weighted by atomic mass is 10.2. The second kappa shape index (κ2) is 2.67. The fraction of sp³-hybridized carbons (Fsp3) is 0.857. The molecule has 1 heterocycles. The largest absolute Gasteiger partial charge is 0.455 e. The lowest BCUT2D eigenvalue weighted by Gasteiger charge is -2.40. The van der Waals surface area contributed by atoms with Crippen molar-refractivity contribution in [3.63, 3.8) is 0 Å². The zero-order valence-electron chi connectivity index (χ0n) is 6.22. The van der Waals surface area contributed by atoms with Gasteiger partial charge < -0.3 is 10.2 Å². The second-order valence-corrected chi connectivity index (χ2v) is 2.93. The van der Waals surface area contributed by atoms with Gasteiger partial charge in [0.1, 0.15) is 0 Å². The fourth-order valence-corrected chi connectivity index (χ4v) is 1.10. The number of piperazine rings is 1. The van der Waals surface area contributed by atoms with Crippen molar-refractivity contribution in [3.8, 4) is 0 Å². The van der Waals surface area contributed by atoms with Gasteiger partial charge in [0, 0.05) is 12.6 Å². The van der Waals surface area contributed by atoms with Crippen molar-refractivity contribution < 1.29 is 0 Å². The summed E-state index contributed by atoms with van der Waals surface area (Å²) in [7, 11) is 3.92. The molecule has 1 saturated heterocycles. The van der Waals surface area contributed by atoms with Crippen molar-refractivity contribution in [1.82, 2.24) is 10.2 Å². The average Bonchev–Trinajstić information content (AvgIpc) is 1.80. The summed E-state index contributed by atoms with van der Waals surface area (Å²) >= 11 is 0. The molecule has 2 nitrogen and oxygen atoms in total. The molecule has 0 saturated carbocycles. The first-order valence-electron chi connectivity index (χ1n) is 3.50. The Morgan fingerprint density at radius 3 is 2.67 bits per heavy atom. The Hall–Kier alpha value is -0.0800.